The second kappa shape index (κ2) is 8.92. The van der Waals surface area contributed by atoms with Crippen molar-refractivity contribution < 1.29 is 9.18 Å². The van der Waals surface area contributed by atoms with Crippen LogP contribution >= 0.6 is 0 Å². The summed E-state index contributed by atoms with van der Waals surface area (Å²) >= 11 is 0. The fourth-order valence-electron chi connectivity index (χ4n) is 3.26. The van der Waals surface area contributed by atoms with Gasteiger partial charge in [0.05, 0.1) is 6.54 Å². The van der Waals surface area contributed by atoms with E-state index in [2.05, 4.69) is 39.4 Å². The monoisotopic (exact) mass is 355 g/mol. The Bertz CT molecular complexity index is 735. The molecule has 0 radical (unpaired) electrons. The SMILES string of the molecule is Cc1ccc(NC(=O)CN2CCCN(Cc3ccccc3)CC2)cc1F. The molecule has 0 aliphatic carbocycles. The average Bonchev–Trinajstić information content (AvgIpc) is 2.84. The Morgan fingerprint density at radius 3 is 2.54 bits per heavy atom. The van der Waals surface area contributed by atoms with E-state index in [-0.39, 0.29) is 11.7 Å². The molecule has 0 unspecified atom stereocenters. The molecule has 1 N–H and O–H groups in total. The molecule has 1 fully saturated rings. The van der Waals surface area contributed by atoms with E-state index in [0.717, 1.165) is 39.1 Å². The number of nitrogens with one attached hydrogen (secondary N) is 1. The Morgan fingerprint density at radius 2 is 1.77 bits per heavy atom. The Hall–Kier alpha value is -2.24. The van der Waals surface area contributed by atoms with Crippen molar-refractivity contribution in [2.24, 2.45) is 0 Å². The number of benzene rings is 2. The summed E-state index contributed by atoms with van der Waals surface area (Å²) in [6, 6.07) is 15.3. The quantitative estimate of drug-likeness (QED) is 0.894. The lowest BCUT2D eigenvalue weighted by Gasteiger charge is -2.21. The number of carbonyl (C=O) groups excluding carboxylic acids is 1. The molecule has 0 spiro atoms. The van der Waals surface area contributed by atoms with E-state index in [9.17, 15) is 9.18 Å². The summed E-state index contributed by atoms with van der Waals surface area (Å²) in [4.78, 5) is 16.9. The van der Waals surface area contributed by atoms with E-state index < -0.39 is 0 Å². The second-order valence-corrected chi connectivity index (χ2v) is 6.90. The zero-order valence-electron chi connectivity index (χ0n) is 15.2. The van der Waals surface area contributed by atoms with Gasteiger partial charge in [0.15, 0.2) is 0 Å². The number of amides is 1. The zero-order chi connectivity index (χ0) is 18.4. The van der Waals surface area contributed by atoms with Gasteiger partial charge in [-0.05, 0) is 49.7 Å². The van der Waals surface area contributed by atoms with Crippen LogP contribution < -0.4 is 5.32 Å². The lowest BCUT2D eigenvalue weighted by Crippen LogP contribution is -2.36. The molecule has 2 aromatic rings. The van der Waals surface area contributed by atoms with E-state index in [1.807, 2.05) is 6.07 Å². The lowest BCUT2D eigenvalue weighted by molar-refractivity contribution is -0.117. The summed E-state index contributed by atoms with van der Waals surface area (Å²) in [6.07, 6.45) is 1.04. The van der Waals surface area contributed by atoms with Gasteiger partial charge in [0.2, 0.25) is 5.91 Å². The molecule has 1 amide bonds. The highest BCUT2D eigenvalue weighted by Gasteiger charge is 2.17. The summed E-state index contributed by atoms with van der Waals surface area (Å²) in [7, 11) is 0. The van der Waals surface area contributed by atoms with Crippen LogP contribution in [0.4, 0.5) is 10.1 Å². The molecule has 0 atom stereocenters. The van der Waals surface area contributed by atoms with Crippen LogP contribution in [0.25, 0.3) is 0 Å². The van der Waals surface area contributed by atoms with Gasteiger partial charge < -0.3 is 5.32 Å². The molecule has 2 aromatic carbocycles. The Morgan fingerprint density at radius 1 is 1.04 bits per heavy atom. The second-order valence-electron chi connectivity index (χ2n) is 6.90. The topological polar surface area (TPSA) is 35.6 Å². The molecule has 1 heterocycles. The molecule has 5 heteroatoms. The molecule has 1 saturated heterocycles. The highest BCUT2D eigenvalue weighted by atomic mass is 19.1. The minimum Gasteiger partial charge on any atom is -0.325 e. The molecule has 1 aliphatic heterocycles. The largest absolute Gasteiger partial charge is 0.325 e. The first-order valence-corrected chi connectivity index (χ1v) is 9.15. The van der Waals surface area contributed by atoms with E-state index in [4.69, 9.17) is 0 Å². The molecule has 3 rings (SSSR count). The summed E-state index contributed by atoms with van der Waals surface area (Å²) in [6.45, 7) is 6.75. The van der Waals surface area contributed by atoms with Crippen LogP contribution in [0.3, 0.4) is 0 Å². The number of halogens is 1. The van der Waals surface area contributed by atoms with Crippen LogP contribution in [0.15, 0.2) is 48.5 Å². The molecule has 0 aromatic heterocycles. The van der Waals surface area contributed by atoms with Gasteiger partial charge in [-0.15, -0.1) is 0 Å². The van der Waals surface area contributed by atoms with Gasteiger partial charge in [-0.1, -0.05) is 36.4 Å². The van der Waals surface area contributed by atoms with Gasteiger partial charge in [0, 0.05) is 25.3 Å². The van der Waals surface area contributed by atoms with Crippen LogP contribution in [-0.2, 0) is 11.3 Å². The summed E-state index contributed by atoms with van der Waals surface area (Å²) in [5, 5.41) is 2.79. The minimum absolute atomic E-state index is 0.0928. The third-order valence-corrected chi connectivity index (χ3v) is 4.75. The molecule has 4 nitrogen and oxygen atoms in total. The number of anilines is 1. The van der Waals surface area contributed by atoms with Crippen LogP contribution in [0.1, 0.15) is 17.5 Å². The number of hydrogen-bond donors (Lipinski definition) is 1. The average molecular weight is 355 g/mol. The highest BCUT2D eigenvalue weighted by molar-refractivity contribution is 5.92. The Labute approximate surface area is 154 Å². The van der Waals surface area contributed by atoms with Crippen molar-refractivity contribution in [3.8, 4) is 0 Å². The van der Waals surface area contributed by atoms with Crippen molar-refractivity contribution >= 4 is 11.6 Å². The Balaban J connectivity index is 1.48. The molecule has 138 valence electrons. The number of aryl methyl sites for hydroxylation is 1. The number of nitrogens with zero attached hydrogens (tertiary/aromatic N) is 2. The molecular weight excluding hydrogens is 329 g/mol. The maximum Gasteiger partial charge on any atom is 0.238 e. The smallest absolute Gasteiger partial charge is 0.238 e. The third kappa shape index (κ3) is 5.38. The molecule has 26 heavy (non-hydrogen) atoms. The predicted molar refractivity (Wildman–Crippen MR) is 103 cm³/mol. The number of hydrogen-bond acceptors (Lipinski definition) is 3. The van der Waals surface area contributed by atoms with Crippen LogP contribution in [0, 0.1) is 12.7 Å². The van der Waals surface area contributed by atoms with Crippen molar-refractivity contribution in [1.29, 1.82) is 0 Å². The fourth-order valence-corrected chi connectivity index (χ4v) is 3.26. The van der Waals surface area contributed by atoms with Gasteiger partial charge >= 0.3 is 0 Å². The van der Waals surface area contributed by atoms with Gasteiger partial charge in [-0.3, -0.25) is 14.6 Å². The van der Waals surface area contributed by atoms with Crippen molar-refractivity contribution in [3.63, 3.8) is 0 Å². The maximum atomic E-state index is 13.6. The van der Waals surface area contributed by atoms with E-state index in [1.54, 1.807) is 19.1 Å². The van der Waals surface area contributed by atoms with Gasteiger partial charge in [0.25, 0.3) is 0 Å². The zero-order valence-corrected chi connectivity index (χ0v) is 15.2. The normalized spacial score (nSPS) is 16.2. The predicted octanol–water partition coefficient (Wildman–Crippen LogP) is 3.28. The highest BCUT2D eigenvalue weighted by Crippen LogP contribution is 2.14. The molecule has 0 bridgehead atoms. The first kappa shape index (κ1) is 18.5. The van der Waals surface area contributed by atoms with Crippen molar-refractivity contribution in [1.82, 2.24) is 9.80 Å². The first-order valence-electron chi connectivity index (χ1n) is 9.15. The van der Waals surface area contributed by atoms with Gasteiger partial charge in [0.1, 0.15) is 5.82 Å². The van der Waals surface area contributed by atoms with E-state index in [0.29, 0.717) is 17.8 Å². The summed E-state index contributed by atoms with van der Waals surface area (Å²) in [5.74, 6) is -0.390. The number of carbonyl (C=O) groups is 1. The van der Waals surface area contributed by atoms with Crippen LogP contribution in [0.5, 0.6) is 0 Å². The van der Waals surface area contributed by atoms with E-state index >= 15 is 0 Å². The first-order chi connectivity index (χ1) is 12.6. The van der Waals surface area contributed by atoms with Crippen LogP contribution in [0.2, 0.25) is 0 Å². The van der Waals surface area contributed by atoms with Gasteiger partial charge in [-0.25, -0.2) is 4.39 Å². The van der Waals surface area contributed by atoms with Crippen molar-refractivity contribution in [2.75, 3.05) is 38.0 Å². The fraction of sp³-hybridized carbons (Fsp3) is 0.381. The molecule has 1 aliphatic rings. The molecular formula is C21H26FN3O. The lowest BCUT2D eigenvalue weighted by atomic mass is 10.2. The Kier molecular flexibility index (Phi) is 6.36. The maximum absolute atomic E-state index is 13.6. The van der Waals surface area contributed by atoms with Crippen molar-refractivity contribution in [2.45, 2.75) is 19.9 Å². The summed E-state index contributed by atoms with van der Waals surface area (Å²) in [5.41, 5.74) is 2.41. The standard InChI is InChI=1S/C21H26FN3O/c1-17-8-9-19(14-20(17)22)23-21(26)16-25-11-5-10-24(12-13-25)15-18-6-3-2-4-7-18/h2-4,6-9,14H,5,10-13,15-16H2,1H3,(H,23,26). The van der Waals surface area contributed by atoms with E-state index in [1.165, 1.54) is 11.6 Å². The van der Waals surface area contributed by atoms with Crippen LogP contribution in [-0.4, -0.2) is 48.4 Å². The minimum atomic E-state index is -0.297. The van der Waals surface area contributed by atoms with Gasteiger partial charge in [-0.2, -0.15) is 0 Å². The molecule has 0 saturated carbocycles. The van der Waals surface area contributed by atoms with Crippen molar-refractivity contribution in [3.05, 3.63) is 65.5 Å². The third-order valence-electron chi connectivity index (χ3n) is 4.75. The summed E-state index contributed by atoms with van der Waals surface area (Å²) < 4.78 is 13.6. The number of rotatable bonds is 5.